The topological polar surface area (TPSA) is 13.1 Å². The zero-order valence-corrected chi connectivity index (χ0v) is 22.1. The van der Waals surface area contributed by atoms with E-state index >= 15 is 0 Å². The average molecular weight is 587 g/mol. The smallest absolute Gasteiger partial charge is 0.136 e. The summed E-state index contributed by atoms with van der Waals surface area (Å²) >= 11 is 0. The second-order valence-corrected chi connectivity index (χ2v) is 9.64. The summed E-state index contributed by atoms with van der Waals surface area (Å²) in [6.45, 7) is 0. The van der Waals surface area contributed by atoms with E-state index < -0.39 is 251 Å². The Labute approximate surface area is 292 Å². The van der Waals surface area contributed by atoms with Gasteiger partial charge in [0.15, 0.2) is 0 Å². The molecule has 0 aliphatic carbocycles. The molecular weight excluding hydrogens is 532 g/mol. The van der Waals surface area contributed by atoms with Gasteiger partial charge in [0.2, 0.25) is 0 Å². The number of hydrogen-bond donors (Lipinski definition) is 0. The van der Waals surface area contributed by atoms with Crippen LogP contribution < -0.4 is 0 Å². The van der Waals surface area contributed by atoms with Crippen molar-refractivity contribution in [2.75, 3.05) is 0 Å². The van der Waals surface area contributed by atoms with Crippen LogP contribution in [0.4, 0.5) is 0 Å². The molecule has 1 heterocycles. The minimum absolute atomic E-state index is 0.441. The molecule has 0 aliphatic rings. The molecule has 9 aromatic rings. The highest BCUT2D eigenvalue weighted by atomic mass is 16.3. The van der Waals surface area contributed by atoms with Gasteiger partial charge in [-0.1, -0.05) is 145 Å². The first kappa shape index (κ1) is 10.2. The van der Waals surface area contributed by atoms with Gasteiger partial charge in [-0.15, -0.1) is 0 Å². The molecular formula is C43H28O. The molecule has 0 N–H and O–H groups in total. The molecule has 44 heavy (non-hydrogen) atoms. The van der Waals surface area contributed by atoms with Crippen LogP contribution in [0.15, 0.2) is 162 Å². The summed E-state index contributed by atoms with van der Waals surface area (Å²) < 4.78 is 238. The summed E-state index contributed by atoms with van der Waals surface area (Å²) in [4.78, 5) is 0. The highest BCUT2D eigenvalue weighted by molar-refractivity contribution is 6.22. The zero-order chi connectivity index (χ0) is 51.7. The highest BCUT2D eigenvalue weighted by Crippen LogP contribution is 2.45. The predicted octanol–water partition coefficient (Wildman–Crippen LogP) is 12.0. The van der Waals surface area contributed by atoms with Gasteiger partial charge in [0.05, 0.1) is 35.6 Å². The lowest BCUT2D eigenvalue weighted by Gasteiger charge is -2.19. The van der Waals surface area contributed by atoms with Gasteiger partial charge in [-0.3, -0.25) is 0 Å². The molecule has 1 nitrogen and oxygen atoms in total. The summed E-state index contributed by atoms with van der Waals surface area (Å²) in [6, 6.07) is -22.4. The minimum Gasteiger partial charge on any atom is -0.456 e. The summed E-state index contributed by atoms with van der Waals surface area (Å²) in [5, 5.41) is -4.43. The Morgan fingerprint density at radius 2 is 1.05 bits per heavy atom. The van der Waals surface area contributed by atoms with E-state index in [0.29, 0.717) is 0 Å². The van der Waals surface area contributed by atoms with Crippen molar-refractivity contribution in [2.45, 2.75) is 6.42 Å². The molecule has 0 fully saturated rings. The van der Waals surface area contributed by atoms with Crippen LogP contribution in [0.25, 0.3) is 76.5 Å². The molecule has 0 aliphatic heterocycles. The predicted molar refractivity (Wildman–Crippen MR) is 186 cm³/mol. The van der Waals surface area contributed by atoms with Gasteiger partial charge in [-0.2, -0.15) is 0 Å². The van der Waals surface area contributed by atoms with E-state index in [-0.39, 0.29) is 0 Å². The number of fused-ring (bicyclic) bond motifs is 6. The van der Waals surface area contributed by atoms with Crippen LogP contribution in [0.3, 0.4) is 0 Å². The molecule has 0 bridgehead atoms. The molecule has 0 radical (unpaired) electrons. The molecule has 8 aromatic carbocycles. The van der Waals surface area contributed by atoms with E-state index in [9.17, 15) is 9.60 Å². The van der Waals surface area contributed by atoms with E-state index in [1.54, 1.807) is 0 Å². The fraction of sp³-hybridized carbons (Fsp3) is 0.0233. The molecule has 0 saturated carbocycles. The van der Waals surface area contributed by atoms with Crippen LogP contribution in [-0.2, 0) is 6.42 Å². The molecule has 206 valence electrons. The van der Waals surface area contributed by atoms with Crippen molar-refractivity contribution in [1.29, 1.82) is 0 Å². The second-order valence-electron chi connectivity index (χ2n) is 9.64. The Balaban J connectivity index is 1.58. The molecule has 0 atom stereocenters. The van der Waals surface area contributed by atoms with E-state index in [1.807, 2.05) is 0 Å². The number of benzene rings is 8. The molecule has 9 rings (SSSR count). The summed E-state index contributed by atoms with van der Waals surface area (Å²) in [5.74, 6) is 0. The quantitative estimate of drug-likeness (QED) is 0.187. The maximum absolute atomic E-state index is 9.72. The van der Waals surface area contributed by atoms with Crippen molar-refractivity contribution in [2.24, 2.45) is 0 Å². The van der Waals surface area contributed by atoms with Gasteiger partial charge < -0.3 is 4.42 Å². The van der Waals surface area contributed by atoms with E-state index in [1.165, 1.54) is 0 Å². The first-order valence-electron chi connectivity index (χ1n) is 26.1. The normalized spacial score (nSPS) is 20.0. The third kappa shape index (κ3) is 3.87. The van der Waals surface area contributed by atoms with E-state index in [4.69, 9.17) is 30.5 Å². The van der Waals surface area contributed by atoms with Crippen molar-refractivity contribution >= 4 is 54.3 Å². The maximum atomic E-state index is 9.72. The first-order chi connectivity index (χ1) is 32.6. The largest absolute Gasteiger partial charge is 0.456 e. The van der Waals surface area contributed by atoms with Crippen LogP contribution in [0.2, 0.25) is 0 Å². The van der Waals surface area contributed by atoms with Gasteiger partial charge in [-0.25, -0.2) is 0 Å². The van der Waals surface area contributed by atoms with Crippen molar-refractivity contribution in [1.82, 2.24) is 0 Å². The molecule has 1 aromatic heterocycles. The van der Waals surface area contributed by atoms with Gasteiger partial charge in [0.1, 0.15) is 11.2 Å². The second kappa shape index (κ2) is 9.97. The van der Waals surface area contributed by atoms with Gasteiger partial charge >= 0.3 is 0 Å². The van der Waals surface area contributed by atoms with Gasteiger partial charge in [0, 0.05) is 10.8 Å². The Kier molecular flexibility index (Phi) is 2.31. The molecule has 1 heteroatoms. The third-order valence-corrected chi connectivity index (χ3v) is 7.27. The Bertz CT molecular complexity index is 3880. The highest BCUT2D eigenvalue weighted by Gasteiger charge is 2.20. The first-order valence-corrected chi connectivity index (χ1v) is 13.1. The molecule has 0 saturated heterocycles. The average Bonchev–Trinajstić information content (AvgIpc) is 3.73. The van der Waals surface area contributed by atoms with Crippen molar-refractivity contribution < 1.29 is 40.1 Å². The van der Waals surface area contributed by atoms with E-state index in [0.717, 1.165) is 0 Å². The van der Waals surface area contributed by atoms with Gasteiger partial charge in [-0.05, 0) is 84.2 Å². The lowest BCUT2D eigenvalue weighted by molar-refractivity contribution is 0.669. The van der Waals surface area contributed by atoms with Crippen LogP contribution in [0.1, 0.15) is 46.8 Å². The zero-order valence-electron chi connectivity index (χ0n) is 48.1. The number of para-hydroxylation sites is 1. The fourth-order valence-corrected chi connectivity index (χ4v) is 5.49. The molecule has 0 unspecified atom stereocenters. The molecule has 0 amide bonds. The Hall–Kier alpha value is -5.66. The third-order valence-electron chi connectivity index (χ3n) is 7.27. The standard InChI is InChI=1S/C43H28O/c1-2-13-29(14-3-1)38-26-28(25-30-15-4-5-16-31(30)38)27-39-32-17-6-8-19-34(32)42(35-20-9-7-18-33(35)39)37-22-12-24-41-43(37)36-21-10-11-23-40(36)44-41/h1-26H,27H2/i1D,2D,3D,4D,5D,6D,7D,8D,9D,10D,11D,12D,13D,14D,15D,16D,17D,18D,19D,20D,21D,22D,23D,24D,25D,26D. The summed E-state index contributed by atoms with van der Waals surface area (Å²) in [5.41, 5.74) is -4.68. The van der Waals surface area contributed by atoms with Gasteiger partial charge in [0.25, 0.3) is 0 Å². The van der Waals surface area contributed by atoms with E-state index in [2.05, 4.69) is 0 Å². The lowest BCUT2D eigenvalue weighted by atomic mass is 9.84. The van der Waals surface area contributed by atoms with Crippen LogP contribution >= 0.6 is 0 Å². The van der Waals surface area contributed by atoms with Crippen molar-refractivity contribution in [3.8, 4) is 22.3 Å². The minimum atomic E-state index is -0.958. The Morgan fingerprint density at radius 1 is 0.455 bits per heavy atom. The van der Waals surface area contributed by atoms with Crippen LogP contribution in [-0.4, -0.2) is 0 Å². The molecule has 0 spiro atoms. The van der Waals surface area contributed by atoms with Crippen LogP contribution in [0.5, 0.6) is 0 Å². The SMILES string of the molecule is [2H]c1c([2H])c([2H])c(-c2c([2H])c(Cc3c4c([2H])c([2H])c([2H])c([2H])c4c(-c4c([2H])c([2H])c([2H])c5oc6c([2H])c([2H])c([2H])c([2H])c6c45)c4c([2H])c([2H])c([2H])c([2H])c34)c([2H])c3c([2H])c([2H])c([2H])c([2H])c23)c([2H])c1[2H]. The summed E-state index contributed by atoms with van der Waals surface area (Å²) in [6.07, 6.45) is -0.958. The maximum Gasteiger partial charge on any atom is 0.136 e. The number of furan rings is 1. The number of rotatable bonds is 4. The van der Waals surface area contributed by atoms with Crippen LogP contribution in [0, 0.1) is 0 Å². The Morgan fingerprint density at radius 3 is 1.80 bits per heavy atom. The van der Waals surface area contributed by atoms with Crippen molar-refractivity contribution in [3.63, 3.8) is 0 Å². The monoisotopic (exact) mass is 586 g/mol. The fourth-order valence-electron chi connectivity index (χ4n) is 5.49. The van der Waals surface area contributed by atoms with Crippen molar-refractivity contribution in [3.05, 3.63) is 168 Å². The summed E-state index contributed by atoms with van der Waals surface area (Å²) in [7, 11) is 0. The lowest BCUT2D eigenvalue weighted by Crippen LogP contribution is -1.96. The number of hydrogen-bond acceptors (Lipinski definition) is 1.